The smallest absolute Gasteiger partial charge is 0.227 e. The maximum atomic E-state index is 12.8. The molecule has 2 aromatic rings. The van der Waals surface area contributed by atoms with Crippen molar-refractivity contribution in [1.29, 1.82) is 5.26 Å². The average molecular weight is 448 g/mol. The first-order chi connectivity index (χ1) is 16.1. The van der Waals surface area contributed by atoms with Crippen LogP contribution >= 0.6 is 0 Å². The first-order valence-electron chi connectivity index (χ1n) is 11.7. The summed E-state index contributed by atoms with van der Waals surface area (Å²) in [4.78, 5) is 29.0. The molecule has 1 heterocycles. The molecule has 0 spiro atoms. The van der Waals surface area contributed by atoms with Gasteiger partial charge in [-0.05, 0) is 61.4 Å². The molecule has 0 radical (unpaired) electrons. The quantitative estimate of drug-likeness (QED) is 0.534. The first kappa shape index (κ1) is 24.3. The number of nitrogens with zero attached hydrogens (tertiary/aromatic N) is 3. The van der Waals surface area contributed by atoms with Gasteiger partial charge in [-0.3, -0.25) is 9.59 Å². The van der Waals surface area contributed by atoms with Crippen molar-refractivity contribution in [3.8, 4) is 11.8 Å². The van der Waals surface area contributed by atoms with Gasteiger partial charge in [-0.15, -0.1) is 0 Å². The van der Waals surface area contributed by atoms with Crippen molar-refractivity contribution >= 4 is 17.5 Å². The summed E-state index contributed by atoms with van der Waals surface area (Å²) < 4.78 is 5.21. The standard InChI is InChI=1S/C27H33N3O3/c1-33-25-12-10-22(11-13-25)8-9-23-16-20-29(21-17-23)26(31)14-15-27(32)30(19-5-18-28)24-6-3-2-4-7-24/h2-4,6-7,10-13,23H,5,8-9,14-17,19-21H2,1H3. The molecule has 0 saturated carbocycles. The number of hydrogen-bond donors (Lipinski definition) is 0. The third-order valence-electron chi connectivity index (χ3n) is 6.34. The lowest BCUT2D eigenvalue weighted by molar-refractivity contribution is -0.134. The largest absolute Gasteiger partial charge is 0.497 e. The predicted octanol–water partition coefficient (Wildman–Crippen LogP) is 4.59. The number of hydrogen-bond acceptors (Lipinski definition) is 4. The number of amides is 2. The van der Waals surface area contributed by atoms with E-state index in [1.807, 2.05) is 47.4 Å². The van der Waals surface area contributed by atoms with Crippen LogP contribution in [0.2, 0.25) is 0 Å². The van der Waals surface area contributed by atoms with Gasteiger partial charge < -0.3 is 14.5 Å². The Morgan fingerprint density at radius 3 is 2.39 bits per heavy atom. The molecule has 6 heteroatoms. The number of aryl methyl sites for hydroxylation is 1. The van der Waals surface area contributed by atoms with Crippen LogP contribution in [0, 0.1) is 17.2 Å². The Morgan fingerprint density at radius 2 is 1.76 bits per heavy atom. The van der Waals surface area contributed by atoms with Gasteiger partial charge in [0.15, 0.2) is 0 Å². The van der Waals surface area contributed by atoms with Crippen LogP contribution in [0.15, 0.2) is 54.6 Å². The van der Waals surface area contributed by atoms with Crippen molar-refractivity contribution in [2.75, 3.05) is 31.6 Å². The van der Waals surface area contributed by atoms with Crippen LogP contribution in [-0.2, 0) is 16.0 Å². The topological polar surface area (TPSA) is 73.6 Å². The van der Waals surface area contributed by atoms with Crippen molar-refractivity contribution in [2.24, 2.45) is 5.92 Å². The molecular formula is C27H33N3O3. The van der Waals surface area contributed by atoms with E-state index in [0.29, 0.717) is 12.5 Å². The maximum Gasteiger partial charge on any atom is 0.227 e. The second kappa shape index (κ2) is 12.6. The van der Waals surface area contributed by atoms with Gasteiger partial charge in [-0.25, -0.2) is 0 Å². The summed E-state index contributed by atoms with van der Waals surface area (Å²) in [6, 6.07) is 19.7. The highest BCUT2D eigenvalue weighted by atomic mass is 16.5. The number of piperidine rings is 1. The molecule has 1 aliphatic rings. The normalized spacial score (nSPS) is 13.9. The Morgan fingerprint density at radius 1 is 1.06 bits per heavy atom. The Kier molecular flexibility index (Phi) is 9.31. The van der Waals surface area contributed by atoms with Crippen LogP contribution < -0.4 is 9.64 Å². The average Bonchev–Trinajstić information content (AvgIpc) is 2.87. The van der Waals surface area contributed by atoms with Crippen LogP contribution in [0.1, 0.15) is 44.1 Å². The van der Waals surface area contributed by atoms with Crippen LogP contribution in [0.3, 0.4) is 0 Å². The lowest BCUT2D eigenvalue weighted by atomic mass is 9.90. The molecule has 1 fully saturated rings. The second-order valence-electron chi connectivity index (χ2n) is 8.50. The second-order valence-corrected chi connectivity index (χ2v) is 8.50. The van der Waals surface area contributed by atoms with Crippen molar-refractivity contribution in [1.82, 2.24) is 4.90 Å². The molecule has 2 amide bonds. The Balaban J connectivity index is 1.41. The van der Waals surface area contributed by atoms with Crippen molar-refractivity contribution in [3.05, 3.63) is 60.2 Å². The summed E-state index contributed by atoms with van der Waals surface area (Å²) in [6.45, 7) is 1.86. The SMILES string of the molecule is COc1ccc(CCC2CCN(C(=O)CCC(=O)N(CCC#N)c3ccccc3)CC2)cc1. The first-order valence-corrected chi connectivity index (χ1v) is 11.7. The molecule has 0 bridgehead atoms. The third-order valence-corrected chi connectivity index (χ3v) is 6.34. The Labute approximate surface area is 196 Å². The third kappa shape index (κ3) is 7.35. The molecule has 2 aromatic carbocycles. The van der Waals surface area contributed by atoms with E-state index in [4.69, 9.17) is 10.00 Å². The number of benzene rings is 2. The van der Waals surface area contributed by atoms with Crippen molar-refractivity contribution in [3.63, 3.8) is 0 Å². The zero-order chi connectivity index (χ0) is 23.5. The number of rotatable bonds is 10. The molecule has 174 valence electrons. The summed E-state index contributed by atoms with van der Waals surface area (Å²) >= 11 is 0. The van der Waals surface area contributed by atoms with Crippen molar-refractivity contribution in [2.45, 2.75) is 44.9 Å². The van der Waals surface area contributed by atoms with Crippen LogP contribution in [0.25, 0.3) is 0 Å². The van der Waals surface area contributed by atoms with Gasteiger partial charge in [0.05, 0.1) is 19.6 Å². The molecule has 0 unspecified atom stereocenters. The monoisotopic (exact) mass is 447 g/mol. The van der Waals surface area contributed by atoms with E-state index in [0.717, 1.165) is 50.2 Å². The van der Waals surface area contributed by atoms with E-state index in [1.165, 1.54) is 5.56 Å². The van der Waals surface area contributed by atoms with E-state index < -0.39 is 0 Å². The molecule has 1 saturated heterocycles. The number of carbonyl (C=O) groups excluding carboxylic acids is 2. The molecule has 0 aromatic heterocycles. The van der Waals surface area contributed by atoms with E-state index in [2.05, 4.69) is 18.2 Å². The highest BCUT2D eigenvalue weighted by Crippen LogP contribution is 2.24. The van der Waals surface area contributed by atoms with Crippen LogP contribution in [-0.4, -0.2) is 43.5 Å². The number of ether oxygens (including phenoxy) is 1. The van der Waals surface area contributed by atoms with Gasteiger partial charge >= 0.3 is 0 Å². The number of carbonyl (C=O) groups is 2. The molecule has 33 heavy (non-hydrogen) atoms. The molecular weight excluding hydrogens is 414 g/mol. The van der Waals surface area contributed by atoms with Crippen LogP contribution in [0.5, 0.6) is 5.75 Å². The zero-order valence-corrected chi connectivity index (χ0v) is 19.4. The molecule has 1 aliphatic heterocycles. The number of methoxy groups -OCH3 is 1. The van der Waals surface area contributed by atoms with Gasteiger partial charge in [-0.1, -0.05) is 30.3 Å². The number of para-hydroxylation sites is 1. The Hall–Kier alpha value is -3.33. The van der Waals surface area contributed by atoms with Crippen molar-refractivity contribution < 1.29 is 14.3 Å². The van der Waals surface area contributed by atoms with Crippen LogP contribution in [0.4, 0.5) is 5.69 Å². The summed E-state index contributed by atoms with van der Waals surface area (Å²) in [5, 5.41) is 8.92. The lowest BCUT2D eigenvalue weighted by Crippen LogP contribution is -2.39. The molecule has 3 rings (SSSR count). The fourth-order valence-electron chi connectivity index (χ4n) is 4.31. The summed E-state index contributed by atoms with van der Waals surface area (Å²) in [6.07, 6.45) is 4.82. The molecule has 0 aliphatic carbocycles. The highest BCUT2D eigenvalue weighted by Gasteiger charge is 2.24. The van der Waals surface area contributed by atoms with Gasteiger partial charge in [0.1, 0.15) is 5.75 Å². The summed E-state index contributed by atoms with van der Waals surface area (Å²) in [5.74, 6) is 1.43. The maximum absolute atomic E-state index is 12.8. The van der Waals surface area contributed by atoms with Gasteiger partial charge in [0, 0.05) is 38.2 Å². The summed E-state index contributed by atoms with van der Waals surface area (Å²) in [7, 11) is 1.67. The number of nitriles is 1. The minimum Gasteiger partial charge on any atom is -0.497 e. The van der Waals surface area contributed by atoms with E-state index in [9.17, 15) is 9.59 Å². The number of anilines is 1. The highest BCUT2D eigenvalue weighted by molar-refractivity contribution is 5.95. The fraction of sp³-hybridized carbons (Fsp3) is 0.444. The van der Waals surface area contributed by atoms with E-state index in [-0.39, 0.29) is 31.1 Å². The predicted molar refractivity (Wildman–Crippen MR) is 129 cm³/mol. The molecule has 6 nitrogen and oxygen atoms in total. The van der Waals surface area contributed by atoms with Gasteiger partial charge in [0.2, 0.25) is 11.8 Å². The zero-order valence-electron chi connectivity index (χ0n) is 19.4. The van der Waals surface area contributed by atoms with Gasteiger partial charge in [-0.2, -0.15) is 5.26 Å². The lowest BCUT2D eigenvalue weighted by Gasteiger charge is -2.32. The fourth-order valence-corrected chi connectivity index (χ4v) is 4.31. The minimum atomic E-state index is -0.112. The van der Waals surface area contributed by atoms with Gasteiger partial charge in [0.25, 0.3) is 0 Å². The number of likely N-dealkylation sites (tertiary alicyclic amines) is 1. The van der Waals surface area contributed by atoms with E-state index in [1.54, 1.807) is 12.0 Å². The van der Waals surface area contributed by atoms with E-state index >= 15 is 0 Å². The molecule has 0 N–H and O–H groups in total. The molecule has 0 atom stereocenters. The summed E-state index contributed by atoms with van der Waals surface area (Å²) in [5.41, 5.74) is 2.08. The minimum absolute atomic E-state index is 0.0465. The Bertz CT molecular complexity index is 929.